The first-order chi connectivity index (χ1) is 17.7. The molecule has 2 fully saturated rings. The number of nitrogens with zero attached hydrogens (tertiary/aromatic N) is 4. The van der Waals surface area contributed by atoms with Gasteiger partial charge in [0.25, 0.3) is 0 Å². The molecule has 2 saturated heterocycles. The Bertz CT molecular complexity index is 1230. The van der Waals surface area contributed by atoms with Gasteiger partial charge >= 0.3 is 15.6 Å². The van der Waals surface area contributed by atoms with Crippen molar-refractivity contribution in [1.82, 2.24) is 19.5 Å². The van der Waals surface area contributed by atoms with Crippen LogP contribution in [0.15, 0.2) is 12.7 Å². The molecule has 2 aliphatic heterocycles. The molecule has 20 nitrogen and oxygen atoms in total. The number of nitrogen functional groups attached to an aromatic ring is 1. The fourth-order valence-corrected chi connectivity index (χ4v) is 5.94. The molecule has 2 aromatic rings. The van der Waals surface area contributed by atoms with E-state index in [1.54, 1.807) is 0 Å². The molecule has 0 saturated carbocycles. The van der Waals surface area contributed by atoms with Gasteiger partial charge in [0.15, 0.2) is 24.0 Å². The van der Waals surface area contributed by atoms with Crippen molar-refractivity contribution in [3.05, 3.63) is 12.7 Å². The third-order valence-corrected chi connectivity index (χ3v) is 8.29. The Kier molecular flexibility index (Phi) is 8.51. The fourth-order valence-electron chi connectivity index (χ4n) is 3.78. The maximum absolute atomic E-state index is 12.3. The SMILES string of the molecule is Nc1ncnc2c1ncn2[C@@H]1O[C@H](COP(=O)(O)OP(=O)(O)O[C@@H]2O[C@@H](CO)[C@H](O)[C@@H](O)[C@@H]2O)[C@@H](O)[C@H]1O. The molecule has 2 unspecified atom stereocenters. The van der Waals surface area contributed by atoms with Crippen LogP contribution >= 0.6 is 15.6 Å². The number of ether oxygens (including phenoxy) is 2. The fraction of sp³-hybridized carbons (Fsp3) is 0.688. The number of rotatable bonds is 9. The number of aromatic nitrogens is 4. The number of hydrogen-bond donors (Lipinski definition) is 9. The van der Waals surface area contributed by atoms with Crippen LogP contribution in [-0.4, -0.2) is 122 Å². The molecule has 22 heteroatoms. The molecule has 0 spiro atoms. The standard InChI is InChI=1S/C16H25N5O15P2/c17-13-7-14(19-3-18-13)21(4-20-7)15-11(26)9(24)6(33-15)2-32-37(28,29)36-38(30,31)35-16-12(27)10(25)8(23)5(1-22)34-16/h3-6,8-12,15-16,22-27H,1-2H2,(H,28,29)(H,30,31)(H2,17,18,19)/t5-,6+,8-,9+,10+,11+,12-,15+,16-/m0/s1. The minimum absolute atomic E-state index is 0.0411. The highest BCUT2D eigenvalue weighted by molar-refractivity contribution is 7.61. The van der Waals surface area contributed by atoms with E-state index in [2.05, 4.69) is 28.3 Å². The van der Waals surface area contributed by atoms with Crippen molar-refractivity contribution < 1.29 is 72.4 Å². The number of aliphatic hydroxyl groups is 6. The van der Waals surface area contributed by atoms with Crippen molar-refractivity contribution in [2.75, 3.05) is 18.9 Å². The molecular formula is C16H25N5O15P2. The third-order valence-electron chi connectivity index (χ3n) is 5.69. The summed E-state index contributed by atoms with van der Waals surface area (Å²) in [6.45, 7) is -1.82. The molecule has 4 rings (SSSR count). The number of hydrogen-bond acceptors (Lipinski definition) is 17. The first-order valence-electron chi connectivity index (χ1n) is 10.7. The molecule has 0 aromatic carbocycles. The molecule has 0 bridgehead atoms. The second-order valence-corrected chi connectivity index (χ2v) is 11.2. The van der Waals surface area contributed by atoms with Crippen LogP contribution in [0.4, 0.5) is 5.82 Å². The number of aliphatic hydroxyl groups excluding tert-OH is 6. The smallest absolute Gasteiger partial charge is 0.394 e. The van der Waals surface area contributed by atoms with Crippen LogP contribution in [0.1, 0.15) is 6.23 Å². The number of phosphoric acid groups is 2. The second-order valence-electron chi connectivity index (χ2n) is 8.25. The lowest BCUT2D eigenvalue weighted by molar-refractivity contribution is -0.280. The van der Waals surface area contributed by atoms with Crippen molar-refractivity contribution >= 4 is 32.6 Å². The molecule has 4 heterocycles. The third kappa shape index (κ3) is 5.89. The Morgan fingerprint density at radius 2 is 1.61 bits per heavy atom. The van der Waals surface area contributed by atoms with E-state index in [1.807, 2.05) is 0 Å². The minimum atomic E-state index is -5.56. The van der Waals surface area contributed by atoms with E-state index in [0.29, 0.717) is 0 Å². The summed E-state index contributed by atoms with van der Waals surface area (Å²) in [5.74, 6) is 0.0411. The molecule has 0 amide bonds. The van der Waals surface area contributed by atoms with E-state index in [4.69, 9.17) is 20.3 Å². The van der Waals surface area contributed by atoms with Gasteiger partial charge in [-0.15, -0.1) is 0 Å². The highest BCUT2D eigenvalue weighted by atomic mass is 31.3. The maximum atomic E-state index is 12.3. The summed E-state index contributed by atoms with van der Waals surface area (Å²) < 4.78 is 49.3. The molecule has 2 aliphatic rings. The van der Waals surface area contributed by atoms with Crippen LogP contribution in [0.3, 0.4) is 0 Å². The summed E-state index contributed by atoms with van der Waals surface area (Å²) in [6, 6.07) is 0. The molecule has 0 radical (unpaired) electrons. The summed E-state index contributed by atoms with van der Waals surface area (Å²) in [6.07, 6.45) is -13.3. The number of fused-ring (bicyclic) bond motifs is 1. The average Bonchev–Trinajstić information content (AvgIpc) is 3.39. The van der Waals surface area contributed by atoms with Crippen molar-refractivity contribution in [2.45, 2.75) is 55.2 Å². The van der Waals surface area contributed by atoms with Gasteiger partial charge in [-0.25, -0.2) is 24.1 Å². The number of anilines is 1. The van der Waals surface area contributed by atoms with Gasteiger partial charge in [-0.2, -0.15) is 4.31 Å². The Labute approximate surface area is 212 Å². The summed E-state index contributed by atoms with van der Waals surface area (Å²) in [4.78, 5) is 31.5. The van der Waals surface area contributed by atoms with Crippen LogP contribution < -0.4 is 5.73 Å². The molecule has 11 atom stereocenters. The zero-order chi connectivity index (χ0) is 28.0. The van der Waals surface area contributed by atoms with Crippen LogP contribution in [0, 0.1) is 0 Å². The van der Waals surface area contributed by atoms with Gasteiger partial charge in [-0.1, -0.05) is 0 Å². The highest BCUT2D eigenvalue weighted by Crippen LogP contribution is 2.61. The quantitative estimate of drug-likeness (QED) is 0.126. The Hall–Kier alpha value is -1.71. The summed E-state index contributed by atoms with van der Waals surface area (Å²) >= 11 is 0. The van der Waals surface area contributed by atoms with Gasteiger partial charge in [0, 0.05) is 0 Å². The lowest BCUT2D eigenvalue weighted by Crippen LogP contribution is -2.58. The molecule has 38 heavy (non-hydrogen) atoms. The summed E-state index contributed by atoms with van der Waals surface area (Å²) in [5.41, 5.74) is 6.05. The van der Waals surface area contributed by atoms with Crippen LogP contribution in [-0.2, 0) is 32.0 Å². The first-order valence-corrected chi connectivity index (χ1v) is 13.7. The van der Waals surface area contributed by atoms with E-state index in [1.165, 1.54) is 10.9 Å². The van der Waals surface area contributed by atoms with Gasteiger partial charge in [-0.3, -0.25) is 13.6 Å². The lowest BCUT2D eigenvalue weighted by atomic mass is 10.00. The highest BCUT2D eigenvalue weighted by Gasteiger charge is 2.49. The number of nitrogens with two attached hydrogens (primary N) is 1. The molecule has 0 aliphatic carbocycles. The van der Waals surface area contributed by atoms with Crippen molar-refractivity contribution in [1.29, 1.82) is 0 Å². The summed E-state index contributed by atoms with van der Waals surface area (Å²) in [5, 5.41) is 59.2. The predicted octanol–water partition coefficient (Wildman–Crippen LogP) is -3.92. The zero-order valence-electron chi connectivity index (χ0n) is 19.0. The lowest BCUT2D eigenvalue weighted by Gasteiger charge is -2.39. The van der Waals surface area contributed by atoms with Crippen LogP contribution in [0.5, 0.6) is 0 Å². The largest absolute Gasteiger partial charge is 0.483 e. The van der Waals surface area contributed by atoms with Crippen LogP contribution in [0.2, 0.25) is 0 Å². The van der Waals surface area contributed by atoms with E-state index < -0.39 is 84.1 Å². The van der Waals surface area contributed by atoms with Gasteiger partial charge in [-0.05, 0) is 0 Å². The van der Waals surface area contributed by atoms with E-state index >= 15 is 0 Å². The average molecular weight is 589 g/mol. The number of phosphoric ester groups is 2. The van der Waals surface area contributed by atoms with Crippen LogP contribution in [0.25, 0.3) is 11.2 Å². The summed E-state index contributed by atoms with van der Waals surface area (Å²) in [7, 11) is -11.0. The van der Waals surface area contributed by atoms with Gasteiger partial charge in [0.05, 0.1) is 19.5 Å². The van der Waals surface area contributed by atoms with Crippen molar-refractivity contribution in [3.63, 3.8) is 0 Å². The van der Waals surface area contributed by atoms with E-state index in [9.17, 15) is 44.4 Å². The minimum Gasteiger partial charge on any atom is -0.394 e. The number of imidazole rings is 1. The molecule has 214 valence electrons. The van der Waals surface area contributed by atoms with Crippen molar-refractivity contribution in [3.8, 4) is 0 Å². The first kappa shape index (κ1) is 29.3. The van der Waals surface area contributed by atoms with Gasteiger partial charge < -0.3 is 55.6 Å². The van der Waals surface area contributed by atoms with Crippen molar-refractivity contribution in [2.24, 2.45) is 0 Å². The Morgan fingerprint density at radius 1 is 0.921 bits per heavy atom. The van der Waals surface area contributed by atoms with E-state index in [0.717, 1.165) is 6.33 Å². The predicted molar refractivity (Wildman–Crippen MR) is 117 cm³/mol. The Morgan fingerprint density at radius 3 is 2.29 bits per heavy atom. The second kappa shape index (κ2) is 11.0. The normalized spacial score (nSPS) is 37.2. The molecule has 2 aromatic heterocycles. The maximum Gasteiger partial charge on any atom is 0.483 e. The zero-order valence-corrected chi connectivity index (χ0v) is 20.7. The monoisotopic (exact) mass is 589 g/mol. The van der Waals surface area contributed by atoms with E-state index in [-0.39, 0.29) is 17.0 Å². The molecular weight excluding hydrogens is 564 g/mol. The molecule has 10 N–H and O–H groups in total. The topological polar surface area (TPSA) is 312 Å². The van der Waals surface area contributed by atoms with Gasteiger partial charge in [0.1, 0.15) is 54.6 Å². The van der Waals surface area contributed by atoms with Gasteiger partial charge in [0.2, 0.25) is 0 Å². The Balaban J connectivity index is 1.38.